The lowest BCUT2D eigenvalue weighted by molar-refractivity contribution is -0.146. The Balaban J connectivity index is 1.51. The quantitative estimate of drug-likeness (QED) is 0.530. The Labute approximate surface area is 199 Å². The standard InChI is InChI=1S/C26H33FN2O3S/c1-3-18(2)29(26(31)19-7-4-5-8-19)16-25(30)28-13-11-24-22(12-14-33-24)23(28)17-32-21-10-6-9-20(27)15-21/h6,9-10,12,14-15,18-19,23H,3-5,7-8,11,13,16-17H2,1-2H3. The van der Waals surface area contributed by atoms with Crippen molar-refractivity contribution >= 4 is 23.2 Å². The minimum absolute atomic E-state index is 0.0190. The number of rotatable bonds is 8. The maximum atomic E-state index is 13.6. The van der Waals surface area contributed by atoms with Gasteiger partial charge in [-0.2, -0.15) is 0 Å². The Bertz CT molecular complexity index is 972. The minimum atomic E-state index is -0.352. The molecule has 33 heavy (non-hydrogen) atoms. The van der Waals surface area contributed by atoms with E-state index in [-0.39, 0.29) is 48.8 Å². The van der Waals surface area contributed by atoms with Gasteiger partial charge in [-0.15, -0.1) is 11.3 Å². The maximum absolute atomic E-state index is 13.6. The van der Waals surface area contributed by atoms with Gasteiger partial charge in [0.1, 0.15) is 24.7 Å². The molecule has 2 aliphatic rings. The van der Waals surface area contributed by atoms with Crippen molar-refractivity contribution in [1.29, 1.82) is 0 Å². The third-order valence-corrected chi connectivity index (χ3v) is 8.03. The molecule has 0 spiro atoms. The molecule has 2 amide bonds. The van der Waals surface area contributed by atoms with Gasteiger partial charge in [0.25, 0.3) is 0 Å². The summed E-state index contributed by atoms with van der Waals surface area (Å²) in [5.74, 6) is 0.211. The van der Waals surface area contributed by atoms with Crippen molar-refractivity contribution in [3.8, 4) is 5.75 Å². The predicted octanol–water partition coefficient (Wildman–Crippen LogP) is 5.21. The number of amides is 2. The first-order valence-corrected chi connectivity index (χ1v) is 12.9. The molecular formula is C26H33FN2O3S. The zero-order valence-electron chi connectivity index (χ0n) is 19.5. The lowest BCUT2D eigenvalue weighted by Crippen LogP contribution is -2.51. The molecule has 178 valence electrons. The molecule has 5 nitrogen and oxygen atoms in total. The molecule has 1 saturated carbocycles. The van der Waals surface area contributed by atoms with Crippen molar-refractivity contribution in [2.24, 2.45) is 5.92 Å². The zero-order chi connectivity index (χ0) is 23.4. The number of halogens is 1. The Hall–Kier alpha value is -2.41. The molecule has 1 aliphatic heterocycles. The van der Waals surface area contributed by atoms with Gasteiger partial charge in [-0.1, -0.05) is 25.8 Å². The summed E-state index contributed by atoms with van der Waals surface area (Å²) in [5, 5.41) is 2.04. The van der Waals surface area contributed by atoms with E-state index in [2.05, 4.69) is 13.0 Å². The minimum Gasteiger partial charge on any atom is -0.491 e. The Morgan fingerprint density at radius 1 is 1.27 bits per heavy atom. The summed E-state index contributed by atoms with van der Waals surface area (Å²) in [6.07, 6.45) is 5.64. The van der Waals surface area contributed by atoms with Crippen LogP contribution in [0.25, 0.3) is 0 Å². The fourth-order valence-corrected chi connectivity index (χ4v) is 5.85. The predicted molar refractivity (Wildman–Crippen MR) is 128 cm³/mol. The maximum Gasteiger partial charge on any atom is 0.242 e. The van der Waals surface area contributed by atoms with E-state index >= 15 is 0 Å². The normalized spacial score (nSPS) is 19.2. The third kappa shape index (κ3) is 5.40. The average molecular weight is 473 g/mol. The van der Waals surface area contributed by atoms with Crippen LogP contribution in [0.3, 0.4) is 0 Å². The van der Waals surface area contributed by atoms with Gasteiger partial charge in [-0.3, -0.25) is 9.59 Å². The van der Waals surface area contributed by atoms with Crippen LogP contribution in [0.15, 0.2) is 35.7 Å². The Morgan fingerprint density at radius 2 is 2.06 bits per heavy atom. The summed E-state index contributed by atoms with van der Waals surface area (Å²) in [6.45, 7) is 5.02. The van der Waals surface area contributed by atoms with Gasteiger partial charge in [0, 0.05) is 29.4 Å². The molecule has 0 saturated heterocycles. The fraction of sp³-hybridized carbons (Fsp3) is 0.538. The number of carbonyl (C=O) groups is 2. The zero-order valence-corrected chi connectivity index (χ0v) is 20.3. The van der Waals surface area contributed by atoms with Crippen molar-refractivity contribution in [3.05, 3.63) is 52.0 Å². The lowest BCUT2D eigenvalue weighted by atomic mass is 10.00. The highest BCUT2D eigenvalue weighted by Gasteiger charge is 2.36. The summed E-state index contributed by atoms with van der Waals surface area (Å²) in [4.78, 5) is 31.7. The van der Waals surface area contributed by atoms with Crippen molar-refractivity contribution in [2.45, 2.75) is 64.5 Å². The molecule has 1 aromatic carbocycles. The lowest BCUT2D eigenvalue weighted by Gasteiger charge is -2.38. The van der Waals surface area contributed by atoms with Crippen molar-refractivity contribution in [2.75, 3.05) is 19.7 Å². The van der Waals surface area contributed by atoms with E-state index in [0.29, 0.717) is 12.3 Å². The van der Waals surface area contributed by atoms with Crippen molar-refractivity contribution < 1.29 is 18.7 Å². The highest BCUT2D eigenvalue weighted by molar-refractivity contribution is 7.10. The first kappa shape index (κ1) is 23.7. The van der Waals surface area contributed by atoms with Crippen LogP contribution in [-0.2, 0) is 16.0 Å². The molecule has 0 bridgehead atoms. The van der Waals surface area contributed by atoms with Gasteiger partial charge in [0.05, 0.1) is 6.04 Å². The molecule has 4 rings (SSSR count). The summed E-state index contributed by atoms with van der Waals surface area (Å²) < 4.78 is 19.5. The smallest absolute Gasteiger partial charge is 0.242 e. The Morgan fingerprint density at radius 3 is 2.79 bits per heavy atom. The molecule has 2 unspecified atom stereocenters. The topological polar surface area (TPSA) is 49.9 Å². The molecule has 0 N–H and O–H groups in total. The van der Waals surface area contributed by atoms with Crippen LogP contribution in [0.4, 0.5) is 4.39 Å². The second-order valence-corrected chi connectivity index (χ2v) is 10.1. The number of benzene rings is 1. The van der Waals surface area contributed by atoms with Crippen LogP contribution < -0.4 is 4.74 Å². The van der Waals surface area contributed by atoms with Gasteiger partial charge in [0.2, 0.25) is 11.8 Å². The van der Waals surface area contributed by atoms with Gasteiger partial charge in [-0.05, 0) is 61.7 Å². The number of carbonyl (C=O) groups excluding carboxylic acids is 2. The van der Waals surface area contributed by atoms with Crippen molar-refractivity contribution in [3.63, 3.8) is 0 Å². The molecule has 7 heteroatoms. The molecule has 2 aromatic rings. The summed E-state index contributed by atoms with van der Waals surface area (Å²) in [5.41, 5.74) is 1.09. The molecule has 2 atom stereocenters. The Kier molecular flexibility index (Phi) is 7.68. The van der Waals surface area contributed by atoms with Gasteiger partial charge in [0.15, 0.2) is 0 Å². The largest absolute Gasteiger partial charge is 0.491 e. The van der Waals surface area contributed by atoms with Crippen LogP contribution in [0.1, 0.15) is 62.4 Å². The first-order valence-electron chi connectivity index (χ1n) is 12.0. The summed E-state index contributed by atoms with van der Waals surface area (Å²) in [7, 11) is 0. The number of ether oxygens (including phenoxy) is 1. The highest BCUT2D eigenvalue weighted by atomic mass is 32.1. The van der Waals surface area contributed by atoms with E-state index in [1.165, 1.54) is 17.0 Å². The number of hydrogen-bond acceptors (Lipinski definition) is 4. The number of thiophene rings is 1. The van der Waals surface area contributed by atoms with Crippen LogP contribution >= 0.6 is 11.3 Å². The first-order chi connectivity index (χ1) is 16.0. The summed E-state index contributed by atoms with van der Waals surface area (Å²) >= 11 is 1.69. The van der Waals surface area contributed by atoms with Crippen LogP contribution in [0, 0.1) is 11.7 Å². The van der Waals surface area contributed by atoms with Gasteiger partial charge in [-0.25, -0.2) is 4.39 Å². The van der Waals surface area contributed by atoms with Crippen LogP contribution in [0.5, 0.6) is 5.75 Å². The number of fused-ring (bicyclic) bond motifs is 1. The molecular weight excluding hydrogens is 439 g/mol. The molecule has 1 aromatic heterocycles. The second-order valence-electron chi connectivity index (χ2n) is 9.13. The monoisotopic (exact) mass is 472 g/mol. The van der Waals surface area contributed by atoms with E-state index in [0.717, 1.165) is 44.1 Å². The van der Waals surface area contributed by atoms with Crippen LogP contribution in [0.2, 0.25) is 0 Å². The van der Waals surface area contributed by atoms with Crippen LogP contribution in [-0.4, -0.2) is 47.4 Å². The molecule has 2 heterocycles. The third-order valence-electron chi connectivity index (χ3n) is 7.04. The van der Waals surface area contributed by atoms with Gasteiger partial charge >= 0.3 is 0 Å². The van der Waals surface area contributed by atoms with E-state index in [9.17, 15) is 14.0 Å². The average Bonchev–Trinajstić information content (AvgIpc) is 3.52. The molecule has 1 fully saturated rings. The second kappa shape index (κ2) is 10.7. The van der Waals surface area contributed by atoms with Crippen molar-refractivity contribution in [1.82, 2.24) is 9.80 Å². The number of nitrogens with zero attached hydrogens (tertiary/aromatic N) is 2. The SMILES string of the molecule is CCC(C)N(CC(=O)N1CCc2sccc2C1COc1cccc(F)c1)C(=O)C1CCCC1. The van der Waals surface area contributed by atoms with E-state index in [4.69, 9.17) is 4.74 Å². The number of hydrogen-bond donors (Lipinski definition) is 0. The van der Waals surface area contributed by atoms with E-state index < -0.39 is 0 Å². The summed E-state index contributed by atoms with van der Waals surface area (Å²) in [6, 6.07) is 7.89. The fourth-order valence-electron chi connectivity index (χ4n) is 4.92. The molecule has 1 aliphatic carbocycles. The van der Waals surface area contributed by atoms with Gasteiger partial charge < -0.3 is 14.5 Å². The van der Waals surface area contributed by atoms with E-state index in [1.54, 1.807) is 28.4 Å². The highest BCUT2D eigenvalue weighted by Crippen LogP contribution is 2.34. The van der Waals surface area contributed by atoms with E-state index in [1.807, 2.05) is 17.2 Å². The molecule has 0 radical (unpaired) electrons.